The number of para-hydroxylation sites is 1. The molecule has 5 rings (SSSR count). The summed E-state index contributed by atoms with van der Waals surface area (Å²) in [5.74, 6) is -0.176. The number of H-pyrrole nitrogens is 1. The van der Waals surface area contributed by atoms with Gasteiger partial charge >= 0.3 is 5.63 Å². The van der Waals surface area contributed by atoms with E-state index in [0.29, 0.717) is 16.9 Å². The number of aromatic amines is 1. The minimum atomic E-state index is -0.422. The highest BCUT2D eigenvalue weighted by atomic mass is 16.5. The van der Waals surface area contributed by atoms with Crippen molar-refractivity contribution >= 4 is 33.7 Å². The second-order valence-electron chi connectivity index (χ2n) is 8.43. The number of hydrogen-bond donors (Lipinski definition) is 3. The van der Waals surface area contributed by atoms with Crippen LogP contribution in [0.2, 0.25) is 0 Å². The molecule has 2 amide bonds. The summed E-state index contributed by atoms with van der Waals surface area (Å²) in [5.41, 5.74) is 8.87. The van der Waals surface area contributed by atoms with Crippen LogP contribution in [-0.2, 0) is 17.8 Å². The van der Waals surface area contributed by atoms with E-state index in [4.69, 9.17) is 9.15 Å². The number of amides is 2. The van der Waals surface area contributed by atoms with E-state index in [2.05, 4.69) is 15.8 Å². The van der Waals surface area contributed by atoms with Gasteiger partial charge in [0.2, 0.25) is 5.91 Å². The molecule has 8 heteroatoms. The summed E-state index contributed by atoms with van der Waals surface area (Å²) in [7, 11) is 0. The van der Waals surface area contributed by atoms with Crippen molar-refractivity contribution in [1.29, 1.82) is 0 Å². The Morgan fingerprint density at radius 1 is 0.944 bits per heavy atom. The predicted molar refractivity (Wildman–Crippen MR) is 136 cm³/mol. The maximum Gasteiger partial charge on any atom is 0.336 e. The van der Waals surface area contributed by atoms with Crippen molar-refractivity contribution in [3.8, 4) is 5.75 Å². The number of carbonyl (C=O) groups excluding carboxylic acids is 2. The first-order valence-electron chi connectivity index (χ1n) is 11.4. The van der Waals surface area contributed by atoms with Crippen molar-refractivity contribution in [1.82, 2.24) is 15.8 Å². The van der Waals surface area contributed by atoms with Crippen LogP contribution >= 0.6 is 0 Å². The van der Waals surface area contributed by atoms with E-state index >= 15 is 0 Å². The number of rotatable bonds is 6. The zero-order chi connectivity index (χ0) is 25.1. The SMILES string of the molecule is Cc1cc(=O)oc2cc(OCc3ccc(C(=O)NNC(=O)Cc4c[nH]c5ccccc45)cc3)ccc12. The average molecular weight is 482 g/mol. The van der Waals surface area contributed by atoms with Crippen molar-refractivity contribution in [2.45, 2.75) is 20.0 Å². The van der Waals surface area contributed by atoms with Crippen LogP contribution in [0, 0.1) is 6.92 Å². The van der Waals surface area contributed by atoms with E-state index in [0.717, 1.165) is 33.0 Å². The van der Waals surface area contributed by atoms with Crippen molar-refractivity contribution in [3.05, 3.63) is 112 Å². The molecule has 180 valence electrons. The van der Waals surface area contributed by atoms with Crippen LogP contribution in [0.3, 0.4) is 0 Å². The van der Waals surface area contributed by atoms with Crippen molar-refractivity contribution in [2.24, 2.45) is 0 Å². The summed E-state index contributed by atoms with van der Waals surface area (Å²) >= 11 is 0. The molecule has 0 aliphatic heterocycles. The minimum absolute atomic E-state index is 0.137. The first kappa shape index (κ1) is 22.9. The van der Waals surface area contributed by atoms with Crippen LogP contribution in [0.4, 0.5) is 0 Å². The molecule has 0 atom stereocenters. The largest absolute Gasteiger partial charge is 0.489 e. The Balaban J connectivity index is 1.14. The second-order valence-corrected chi connectivity index (χ2v) is 8.43. The maximum absolute atomic E-state index is 12.4. The van der Waals surface area contributed by atoms with Gasteiger partial charge in [-0.05, 0) is 53.9 Å². The Labute approximate surface area is 205 Å². The number of carbonyl (C=O) groups is 2. The number of aromatic nitrogens is 1. The molecule has 8 nitrogen and oxygen atoms in total. The molecule has 0 radical (unpaired) electrons. The van der Waals surface area contributed by atoms with Crippen LogP contribution in [0.25, 0.3) is 21.9 Å². The van der Waals surface area contributed by atoms with Gasteiger partial charge in [0.15, 0.2) is 0 Å². The summed E-state index contributed by atoms with van der Waals surface area (Å²) in [4.78, 5) is 39.5. The minimum Gasteiger partial charge on any atom is -0.489 e. The number of hydrogen-bond acceptors (Lipinski definition) is 5. The van der Waals surface area contributed by atoms with Gasteiger partial charge in [0.25, 0.3) is 5.91 Å². The molecule has 3 N–H and O–H groups in total. The van der Waals surface area contributed by atoms with Gasteiger partial charge in [-0.2, -0.15) is 0 Å². The van der Waals surface area contributed by atoms with E-state index in [-0.39, 0.29) is 18.9 Å². The molecule has 0 aliphatic carbocycles. The molecule has 5 aromatic rings. The first-order chi connectivity index (χ1) is 17.5. The van der Waals surface area contributed by atoms with E-state index in [9.17, 15) is 14.4 Å². The Morgan fingerprint density at radius 3 is 2.58 bits per heavy atom. The molecule has 0 saturated carbocycles. The average Bonchev–Trinajstić information content (AvgIpc) is 3.28. The normalized spacial score (nSPS) is 10.9. The molecular formula is C28H23N3O5. The molecule has 3 aromatic carbocycles. The molecule has 0 aliphatic rings. The zero-order valence-electron chi connectivity index (χ0n) is 19.5. The molecule has 2 aromatic heterocycles. The number of benzene rings is 3. The standard InChI is InChI=1S/C28H23N3O5/c1-17-12-27(33)36-25-14-21(10-11-22(17)25)35-16-18-6-8-19(9-7-18)28(34)31-30-26(32)13-20-15-29-24-5-3-2-4-23(20)24/h2-12,14-15,29H,13,16H2,1H3,(H,30,32)(H,31,34). The molecule has 0 unspecified atom stereocenters. The van der Waals surface area contributed by atoms with Gasteiger partial charge in [-0.15, -0.1) is 0 Å². The Kier molecular flexibility index (Phi) is 6.23. The fourth-order valence-corrected chi connectivity index (χ4v) is 4.01. The smallest absolute Gasteiger partial charge is 0.336 e. The lowest BCUT2D eigenvalue weighted by Gasteiger charge is -2.09. The van der Waals surface area contributed by atoms with Gasteiger partial charge in [0, 0.05) is 40.2 Å². The van der Waals surface area contributed by atoms with Crippen LogP contribution in [0.15, 0.2) is 88.2 Å². The Bertz CT molecular complexity index is 1630. The van der Waals surface area contributed by atoms with Gasteiger partial charge in [-0.3, -0.25) is 20.4 Å². The number of aryl methyl sites for hydroxylation is 1. The highest BCUT2D eigenvalue weighted by molar-refractivity contribution is 5.96. The highest BCUT2D eigenvalue weighted by Crippen LogP contribution is 2.23. The Hall–Kier alpha value is -4.85. The summed E-state index contributed by atoms with van der Waals surface area (Å²) in [6.07, 6.45) is 1.93. The lowest BCUT2D eigenvalue weighted by atomic mass is 10.1. The van der Waals surface area contributed by atoms with E-state index in [1.807, 2.05) is 43.3 Å². The summed E-state index contributed by atoms with van der Waals surface area (Å²) < 4.78 is 11.1. The number of nitrogens with one attached hydrogen (secondary N) is 3. The third-order valence-corrected chi connectivity index (χ3v) is 5.89. The number of fused-ring (bicyclic) bond motifs is 2. The molecule has 2 heterocycles. The van der Waals surface area contributed by atoms with Gasteiger partial charge in [-0.1, -0.05) is 30.3 Å². The molecule has 36 heavy (non-hydrogen) atoms. The highest BCUT2D eigenvalue weighted by Gasteiger charge is 2.11. The molecule has 0 fully saturated rings. The quantitative estimate of drug-likeness (QED) is 0.249. The second kappa shape index (κ2) is 9.79. The summed E-state index contributed by atoms with van der Waals surface area (Å²) in [5, 5.41) is 1.82. The van der Waals surface area contributed by atoms with Crippen LogP contribution in [-0.4, -0.2) is 16.8 Å². The first-order valence-corrected chi connectivity index (χ1v) is 11.4. The maximum atomic E-state index is 12.4. The van der Waals surface area contributed by atoms with Crippen LogP contribution < -0.4 is 21.2 Å². The zero-order valence-corrected chi connectivity index (χ0v) is 19.5. The van der Waals surface area contributed by atoms with Crippen LogP contribution in [0.1, 0.15) is 27.0 Å². The van der Waals surface area contributed by atoms with Gasteiger partial charge in [0.05, 0.1) is 6.42 Å². The van der Waals surface area contributed by atoms with Crippen molar-refractivity contribution in [2.75, 3.05) is 0 Å². The lowest BCUT2D eigenvalue weighted by Crippen LogP contribution is -2.42. The number of ether oxygens (including phenoxy) is 1. The summed E-state index contributed by atoms with van der Waals surface area (Å²) in [6.45, 7) is 2.12. The van der Waals surface area contributed by atoms with Crippen molar-refractivity contribution in [3.63, 3.8) is 0 Å². The third-order valence-electron chi connectivity index (χ3n) is 5.89. The summed E-state index contributed by atoms with van der Waals surface area (Å²) in [6, 6.07) is 21.4. The van der Waals surface area contributed by atoms with Gasteiger partial charge < -0.3 is 14.1 Å². The lowest BCUT2D eigenvalue weighted by molar-refractivity contribution is -0.121. The fourth-order valence-electron chi connectivity index (χ4n) is 4.01. The van der Waals surface area contributed by atoms with E-state index < -0.39 is 11.5 Å². The van der Waals surface area contributed by atoms with Crippen molar-refractivity contribution < 1.29 is 18.7 Å². The molecule has 0 bridgehead atoms. The molecule has 0 saturated heterocycles. The predicted octanol–water partition coefficient (Wildman–Crippen LogP) is 4.17. The van der Waals surface area contributed by atoms with Gasteiger partial charge in [0.1, 0.15) is 17.9 Å². The fraction of sp³-hybridized carbons (Fsp3) is 0.107. The van der Waals surface area contributed by atoms with E-state index in [1.165, 1.54) is 6.07 Å². The number of hydrazine groups is 1. The third kappa shape index (κ3) is 4.97. The Morgan fingerprint density at radius 2 is 1.75 bits per heavy atom. The molecule has 0 spiro atoms. The topological polar surface area (TPSA) is 113 Å². The van der Waals surface area contributed by atoms with Crippen LogP contribution in [0.5, 0.6) is 5.75 Å². The molecular weight excluding hydrogens is 458 g/mol. The van der Waals surface area contributed by atoms with E-state index in [1.54, 1.807) is 36.5 Å². The van der Waals surface area contributed by atoms with Gasteiger partial charge in [-0.25, -0.2) is 4.79 Å². The monoisotopic (exact) mass is 481 g/mol.